The van der Waals surface area contributed by atoms with Gasteiger partial charge in [-0.15, -0.1) is 0 Å². The monoisotopic (exact) mass is 273 g/mol. The first-order valence-corrected chi connectivity index (χ1v) is 6.22. The highest BCUT2D eigenvalue weighted by atomic mass is 35.5. The summed E-state index contributed by atoms with van der Waals surface area (Å²) in [5.41, 5.74) is 4.48. The minimum absolute atomic E-state index is 0.257. The minimum Gasteiger partial charge on any atom is -0.459 e. The molecule has 2 heterocycles. The van der Waals surface area contributed by atoms with Gasteiger partial charge < -0.3 is 4.42 Å². The van der Waals surface area contributed by atoms with Gasteiger partial charge in [0.05, 0.1) is 0 Å². The Kier molecular flexibility index (Phi) is 3.21. The number of aromatic nitrogens is 1. The molecule has 5 heteroatoms. The molecule has 3 aromatic rings. The SMILES string of the molecule is NNC(c1ccnc(Cl)c1)c1cc2ccccc2o1. The Morgan fingerprint density at radius 2 is 2.05 bits per heavy atom. The molecule has 0 aliphatic rings. The van der Waals surface area contributed by atoms with Crippen LogP contribution in [0, 0.1) is 0 Å². The number of hydrogen-bond acceptors (Lipinski definition) is 4. The van der Waals surface area contributed by atoms with Crippen molar-refractivity contribution < 1.29 is 4.42 Å². The van der Waals surface area contributed by atoms with Gasteiger partial charge in [-0.3, -0.25) is 5.84 Å². The number of furan rings is 1. The van der Waals surface area contributed by atoms with Crippen molar-refractivity contribution >= 4 is 22.6 Å². The molecule has 0 aliphatic carbocycles. The number of fused-ring (bicyclic) bond motifs is 1. The van der Waals surface area contributed by atoms with E-state index in [2.05, 4.69) is 10.4 Å². The summed E-state index contributed by atoms with van der Waals surface area (Å²) >= 11 is 5.90. The van der Waals surface area contributed by atoms with Crippen molar-refractivity contribution in [2.45, 2.75) is 6.04 Å². The molecule has 3 rings (SSSR count). The third-order valence-electron chi connectivity index (χ3n) is 2.98. The quantitative estimate of drug-likeness (QED) is 0.437. The van der Waals surface area contributed by atoms with E-state index in [4.69, 9.17) is 21.9 Å². The van der Waals surface area contributed by atoms with Crippen LogP contribution in [0.3, 0.4) is 0 Å². The fourth-order valence-electron chi connectivity index (χ4n) is 2.08. The van der Waals surface area contributed by atoms with E-state index in [9.17, 15) is 0 Å². The Morgan fingerprint density at radius 3 is 2.79 bits per heavy atom. The van der Waals surface area contributed by atoms with E-state index in [0.29, 0.717) is 5.15 Å². The number of hydrogen-bond donors (Lipinski definition) is 2. The van der Waals surface area contributed by atoms with Crippen LogP contribution in [-0.4, -0.2) is 4.98 Å². The summed E-state index contributed by atoms with van der Waals surface area (Å²) in [5, 5.41) is 1.46. The van der Waals surface area contributed by atoms with Gasteiger partial charge in [0.15, 0.2) is 0 Å². The van der Waals surface area contributed by atoms with Gasteiger partial charge in [0.2, 0.25) is 0 Å². The predicted molar refractivity (Wildman–Crippen MR) is 74.6 cm³/mol. The van der Waals surface area contributed by atoms with Crippen LogP contribution >= 0.6 is 11.6 Å². The first-order chi connectivity index (χ1) is 9.28. The standard InChI is InChI=1S/C14H12ClN3O/c15-13-8-10(5-6-17-13)14(18-16)12-7-9-3-1-2-4-11(9)19-12/h1-8,14,18H,16H2. The summed E-state index contributed by atoms with van der Waals surface area (Å²) in [6.07, 6.45) is 1.64. The van der Waals surface area contributed by atoms with Crippen LogP contribution < -0.4 is 11.3 Å². The highest BCUT2D eigenvalue weighted by Gasteiger charge is 2.17. The zero-order valence-corrected chi connectivity index (χ0v) is 10.8. The van der Waals surface area contributed by atoms with Crippen LogP contribution in [-0.2, 0) is 0 Å². The molecule has 1 unspecified atom stereocenters. The molecule has 0 saturated carbocycles. The molecule has 0 aliphatic heterocycles. The van der Waals surface area contributed by atoms with E-state index in [1.807, 2.05) is 36.4 Å². The molecule has 0 spiro atoms. The smallest absolute Gasteiger partial charge is 0.134 e. The maximum atomic E-state index is 5.90. The summed E-state index contributed by atoms with van der Waals surface area (Å²) in [4.78, 5) is 3.96. The molecule has 4 nitrogen and oxygen atoms in total. The van der Waals surface area contributed by atoms with Gasteiger partial charge in [0.25, 0.3) is 0 Å². The Labute approximate surface area is 115 Å². The number of halogens is 1. The molecular formula is C14H12ClN3O. The molecular weight excluding hydrogens is 262 g/mol. The molecule has 0 saturated heterocycles. The summed E-state index contributed by atoms with van der Waals surface area (Å²) in [7, 11) is 0. The van der Waals surface area contributed by atoms with Crippen LogP contribution in [0.5, 0.6) is 0 Å². The van der Waals surface area contributed by atoms with Crippen LogP contribution in [0.25, 0.3) is 11.0 Å². The summed E-state index contributed by atoms with van der Waals surface area (Å²) in [6, 6.07) is 13.1. The van der Waals surface area contributed by atoms with Crippen LogP contribution in [0.1, 0.15) is 17.4 Å². The molecule has 19 heavy (non-hydrogen) atoms. The second-order valence-corrected chi connectivity index (χ2v) is 4.59. The first-order valence-electron chi connectivity index (χ1n) is 5.84. The molecule has 96 valence electrons. The van der Waals surface area contributed by atoms with Crippen molar-refractivity contribution in [1.29, 1.82) is 0 Å². The lowest BCUT2D eigenvalue weighted by molar-refractivity contribution is 0.477. The van der Waals surface area contributed by atoms with E-state index in [1.165, 1.54) is 0 Å². The summed E-state index contributed by atoms with van der Waals surface area (Å²) in [5.74, 6) is 6.38. The number of nitrogens with zero attached hydrogens (tertiary/aromatic N) is 1. The highest BCUT2D eigenvalue weighted by molar-refractivity contribution is 6.29. The fraction of sp³-hybridized carbons (Fsp3) is 0.0714. The van der Waals surface area contributed by atoms with E-state index in [1.54, 1.807) is 12.3 Å². The lowest BCUT2D eigenvalue weighted by Crippen LogP contribution is -2.28. The third-order valence-corrected chi connectivity index (χ3v) is 3.19. The Hall–Kier alpha value is -1.88. The van der Waals surface area contributed by atoms with Gasteiger partial charge in [-0.25, -0.2) is 10.4 Å². The van der Waals surface area contributed by atoms with Crippen molar-refractivity contribution in [1.82, 2.24) is 10.4 Å². The van der Waals surface area contributed by atoms with Crippen molar-refractivity contribution in [3.8, 4) is 0 Å². The average molecular weight is 274 g/mol. The maximum Gasteiger partial charge on any atom is 0.134 e. The first kappa shape index (κ1) is 12.2. The van der Waals surface area contributed by atoms with Gasteiger partial charge in [-0.1, -0.05) is 29.8 Å². The number of nitrogens with two attached hydrogens (primary N) is 1. The molecule has 0 bridgehead atoms. The molecule has 1 aromatic carbocycles. The zero-order valence-electron chi connectivity index (χ0n) is 10.0. The van der Waals surface area contributed by atoms with Crippen molar-refractivity contribution in [2.75, 3.05) is 0 Å². The molecule has 0 radical (unpaired) electrons. The third kappa shape index (κ3) is 2.33. The van der Waals surface area contributed by atoms with E-state index < -0.39 is 0 Å². The maximum absolute atomic E-state index is 5.90. The summed E-state index contributed by atoms with van der Waals surface area (Å²) in [6.45, 7) is 0. The molecule has 2 aromatic heterocycles. The average Bonchev–Trinajstić information content (AvgIpc) is 2.83. The van der Waals surface area contributed by atoms with Crippen molar-refractivity contribution in [2.24, 2.45) is 5.84 Å². The zero-order chi connectivity index (χ0) is 13.2. The number of pyridine rings is 1. The number of para-hydroxylation sites is 1. The van der Waals surface area contributed by atoms with Gasteiger partial charge in [0, 0.05) is 11.6 Å². The second kappa shape index (κ2) is 5.01. The lowest BCUT2D eigenvalue weighted by atomic mass is 10.1. The fourth-order valence-corrected chi connectivity index (χ4v) is 2.27. The lowest BCUT2D eigenvalue weighted by Gasteiger charge is -2.13. The molecule has 0 amide bonds. The number of nitrogens with one attached hydrogen (secondary N) is 1. The van der Waals surface area contributed by atoms with Gasteiger partial charge in [-0.05, 0) is 29.8 Å². The van der Waals surface area contributed by atoms with Gasteiger partial charge in [0.1, 0.15) is 22.5 Å². The number of hydrazine groups is 1. The summed E-state index contributed by atoms with van der Waals surface area (Å²) < 4.78 is 5.81. The Bertz CT molecular complexity index is 677. The van der Waals surface area contributed by atoms with Crippen molar-refractivity contribution in [3.63, 3.8) is 0 Å². The normalized spacial score (nSPS) is 12.7. The predicted octanol–water partition coefficient (Wildman–Crippen LogP) is 3.03. The number of benzene rings is 1. The minimum atomic E-state index is -0.257. The largest absolute Gasteiger partial charge is 0.459 e. The van der Waals surface area contributed by atoms with E-state index >= 15 is 0 Å². The molecule has 0 fully saturated rings. The Balaban J connectivity index is 2.06. The topological polar surface area (TPSA) is 64.1 Å². The van der Waals surface area contributed by atoms with Crippen LogP contribution in [0.2, 0.25) is 5.15 Å². The van der Waals surface area contributed by atoms with Gasteiger partial charge in [-0.2, -0.15) is 0 Å². The van der Waals surface area contributed by atoms with Crippen molar-refractivity contribution in [3.05, 3.63) is 65.1 Å². The number of rotatable bonds is 3. The van der Waals surface area contributed by atoms with Crippen LogP contribution in [0.15, 0.2) is 53.1 Å². The molecule has 3 N–H and O–H groups in total. The highest BCUT2D eigenvalue weighted by Crippen LogP contribution is 2.28. The Morgan fingerprint density at radius 1 is 1.21 bits per heavy atom. The molecule has 1 atom stereocenters. The van der Waals surface area contributed by atoms with E-state index in [-0.39, 0.29) is 6.04 Å². The second-order valence-electron chi connectivity index (χ2n) is 4.20. The van der Waals surface area contributed by atoms with E-state index in [0.717, 1.165) is 22.3 Å². The van der Waals surface area contributed by atoms with Gasteiger partial charge >= 0.3 is 0 Å². The van der Waals surface area contributed by atoms with Crippen LogP contribution in [0.4, 0.5) is 0 Å².